The lowest BCUT2D eigenvalue weighted by atomic mass is 9.94. The van der Waals surface area contributed by atoms with E-state index in [0.29, 0.717) is 6.54 Å². The summed E-state index contributed by atoms with van der Waals surface area (Å²) in [6.45, 7) is 3.93. The largest absolute Gasteiger partial charge is 0.358 e. The second-order valence-electron chi connectivity index (χ2n) is 6.46. The molecule has 148 valence electrons. The van der Waals surface area contributed by atoms with E-state index in [2.05, 4.69) is 15.5 Å². The van der Waals surface area contributed by atoms with E-state index in [1.807, 2.05) is 37.3 Å². The SMILES string of the molecule is CNC(=O)CN1CCC(NC(=O)C(C)C(N)c2ccccc2)CC1.Cl.Cl. The van der Waals surface area contributed by atoms with E-state index >= 15 is 0 Å². The number of halogens is 2. The van der Waals surface area contributed by atoms with Gasteiger partial charge in [-0.2, -0.15) is 0 Å². The lowest BCUT2D eigenvalue weighted by Crippen LogP contribution is -2.48. The van der Waals surface area contributed by atoms with Gasteiger partial charge >= 0.3 is 0 Å². The fourth-order valence-corrected chi connectivity index (χ4v) is 2.98. The molecule has 1 saturated heterocycles. The van der Waals surface area contributed by atoms with Crippen molar-refractivity contribution in [1.82, 2.24) is 15.5 Å². The van der Waals surface area contributed by atoms with Gasteiger partial charge in [0.2, 0.25) is 11.8 Å². The summed E-state index contributed by atoms with van der Waals surface area (Å²) in [7, 11) is 1.65. The van der Waals surface area contributed by atoms with Crippen LogP contribution in [0.5, 0.6) is 0 Å². The summed E-state index contributed by atoms with van der Waals surface area (Å²) in [4.78, 5) is 26.0. The number of amides is 2. The van der Waals surface area contributed by atoms with E-state index in [4.69, 9.17) is 5.73 Å². The molecule has 1 aliphatic heterocycles. The molecule has 0 spiro atoms. The van der Waals surface area contributed by atoms with Gasteiger partial charge in [0, 0.05) is 32.2 Å². The van der Waals surface area contributed by atoms with Crippen LogP contribution in [0.1, 0.15) is 31.4 Å². The summed E-state index contributed by atoms with van der Waals surface area (Å²) >= 11 is 0. The van der Waals surface area contributed by atoms with E-state index in [-0.39, 0.29) is 54.6 Å². The number of nitrogens with zero attached hydrogens (tertiary/aromatic N) is 1. The van der Waals surface area contributed by atoms with Crippen molar-refractivity contribution >= 4 is 36.6 Å². The number of piperidine rings is 1. The van der Waals surface area contributed by atoms with E-state index in [9.17, 15) is 9.59 Å². The minimum Gasteiger partial charge on any atom is -0.358 e. The van der Waals surface area contributed by atoms with E-state index in [1.54, 1.807) is 7.05 Å². The Morgan fingerprint density at radius 2 is 1.77 bits per heavy atom. The van der Waals surface area contributed by atoms with Crippen LogP contribution in [-0.4, -0.2) is 49.4 Å². The number of rotatable bonds is 6. The molecule has 1 heterocycles. The number of hydrogen-bond donors (Lipinski definition) is 3. The normalized spacial score (nSPS) is 17.2. The van der Waals surface area contributed by atoms with Gasteiger partial charge < -0.3 is 16.4 Å². The number of nitrogens with one attached hydrogen (secondary N) is 2. The summed E-state index contributed by atoms with van der Waals surface area (Å²) in [5, 5.41) is 5.75. The van der Waals surface area contributed by atoms with Gasteiger partial charge in [-0.05, 0) is 18.4 Å². The predicted molar refractivity (Wildman–Crippen MR) is 109 cm³/mol. The molecule has 2 rings (SSSR count). The fourth-order valence-electron chi connectivity index (χ4n) is 2.98. The molecule has 0 bridgehead atoms. The lowest BCUT2D eigenvalue weighted by Gasteiger charge is -2.32. The first-order chi connectivity index (χ1) is 11.5. The van der Waals surface area contributed by atoms with Gasteiger partial charge in [0.05, 0.1) is 12.5 Å². The predicted octanol–water partition coefficient (Wildman–Crippen LogP) is 1.49. The Hall–Kier alpha value is -1.34. The second kappa shape index (κ2) is 12.1. The average Bonchev–Trinajstić information content (AvgIpc) is 2.62. The highest BCUT2D eigenvalue weighted by atomic mass is 35.5. The molecule has 2 atom stereocenters. The minimum atomic E-state index is -0.306. The minimum absolute atomic E-state index is 0. The Morgan fingerprint density at radius 1 is 1.19 bits per heavy atom. The van der Waals surface area contributed by atoms with Gasteiger partial charge in [-0.3, -0.25) is 14.5 Å². The summed E-state index contributed by atoms with van der Waals surface area (Å²) in [5.41, 5.74) is 7.20. The smallest absolute Gasteiger partial charge is 0.233 e. The molecule has 6 nitrogen and oxygen atoms in total. The Kier molecular flexibility index (Phi) is 11.5. The van der Waals surface area contributed by atoms with Crippen LogP contribution in [0, 0.1) is 5.92 Å². The van der Waals surface area contributed by atoms with Crippen LogP contribution >= 0.6 is 24.8 Å². The van der Waals surface area contributed by atoms with Crippen LogP contribution < -0.4 is 16.4 Å². The molecule has 0 saturated carbocycles. The highest BCUT2D eigenvalue weighted by Gasteiger charge is 2.26. The molecule has 0 aliphatic carbocycles. The van der Waals surface area contributed by atoms with Crippen LogP contribution in [0.15, 0.2) is 30.3 Å². The first kappa shape index (κ1) is 24.7. The van der Waals surface area contributed by atoms with Crippen molar-refractivity contribution in [2.45, 2.75) is 31.8 Å². The van der Waals surface area contributed by atoms with Gasteiger partial charge in [-0.1, -0.05) is 37.3 Å². The number of hydrogen-bond acceptors (Lipinski definition) is 4. The molecular weight excluding hydrogens is 375 g/mol. The number of likely N-dealkylation sites (N-methyl/N-ethyl adjacent to an activating group) is 1. The zero-order chi connectivity index (χ0) is 17.5. The van der Waals surface area contributed by atoms with Crippen molar-refractivity contribution < 1.29 is 9.59 Å². The third-order valence-electron chi connectivity index (χ3n) is 4.72. The molecule has 2 unspecified atom stereocenters. The fraction of sp³-hybridized carbons (Fsp3) is 0.556. The van der Waals surface area contributed by atoms with E-state index in [0.717, 1.165) is 31.5 Å². The van der Waals surface area contributed by atoms with Crippen molar-refractivity contribution in [2.24, 2.45) is 11.7 Å². The maximum Gasteiger partial charge on any atom is 0.233 e. The molecule has 0 aromatic heterocycles. The van der Waals surface area contributed by atoms with Crippen molar-refractivity contribution in [3.8, 4) is 0 Å². The van der Waals surface area contributed by atoms with Gasteiger partial charge in [0.25, 0.3) is 0 Å². The van der Waals surface area contributed by atoms with Crippen molar-refractivity contribution in [2.75, 3.05) is 26.7 Å². The van der Waals surface area contributed by atoms with Crippen molar-refractivity contribution in [3.63, 3.8) is 0 Å². The number of carbonyl (C=O) groups is 2. The first-order valence-corrected chi connectivity index (χ1v) is 8.55. The Morgan fingerprint density at radius 3 is 2.31 bits per heavy atom. The molecular formula is C18H30Cl2N4O2. The maximum absolute atomic E-state index is 12.5. The second-order valence-corrected chi connectivity index (χ2v) is 6.46. The highest BCUT2D eigenvalue weighted by molar-refractivity contribution is 5.85. The van der Waals surface area contributed by atoms with Gasteiger partial charge in [-0.25, -0.2) is 0 Å². The van der Waals surface area contributed by atoms with Gasteiger partial charge in [-0.15, -0.1) is 24.8 Å². The number of carbonyl (C=O) groups excluding carboxylic acids is 2. The lowest BCUT2D eigenvalue weighted by molar-refractivity contribution is -0.126. The van der Waals surface area contributed by atoms with Crippen LogP contribution in [-0.2, 0) is 9.59 Å². The van der Waals surface area contributed by atoms with Gasteiger partial charge in [0.15, 0.2) is 0 Å². The topological polar surface area (TPSA) is 87.5 Å². The Labute approximate surface area is 168 Å². The van der Waals surface area contributed by atoms with E-state index < -0.39 is 0 Å². The Bertz CT molecular complexity index is 551. The monoisotopic (exact) mass is 404 g/mol. The zero-order valence-electron chi connectivity index (χ0n) is 15.3. The van der Waals surface area contributed by atoms with Crippen LogP contribution in [0.25, 0.3) is 0 Å². The summed E-state index contributed by atoms with van der Waals surface area (Å²) in [5.74, 6) is -0.257. The zero-order valence-corrected chi connectivity index (χ0v) is 16.9. The Balaban J connectivity index is 0.00000312. The number of nitrogens with two attached hydrogens (primary N) is 1. The molecule has 8 heteroatoms. The first-order valence-electron chi connectivity index (χ1n) is 8.55. The van der Waals surface area contributed by atoms with Crippen LogP contribution in [0.3, 0.4) is 0 Å². The number of likely N-dealkylation sites (tertiary alicyclic amines) is 1. The summed E-state index contributed by atoms with van der Waals surface area (Å²) in [6, 6.07) is 9.55. The third kappa shape index (κ3) is 7.11. The number of benzene rings is 1. The quantitative estimate of drug-likeness (QED) is 0.669. The molecule has 0 radical (unpaired) electrons. The van der Waals surface area contributed by atoms with Gasteiger partial charge in [0.1, 0.15) is 0 Å². The molecule has 1 aromatic rings. The molecule has 1 fully saturated rings. The van der Waals surface area contributed by atoms with E-state index in [1.165, 1.54) is 0 Å². The average molecular weight is 405 g/mol. The van der Waals surface area contributed by atoms with Crippen LogP contribution in [0.2, 0.25) is 0 Å². The third-order valence-corrected chi connectivity index (χ3v) is 4.72. The van der Waals surface area contributed by atoms with Crippen molar-refractivity contribution in [3.05, 3.63) is 35.9 Å². The molecule has 1 aliphatic rings. The van der Waals surface area contributed by atoms with Crippen LogP contribution in [0.4, 0.5) is 0 Å². The molecule has 4 N–H and O–H groups in total. The molecule has 1 aromatic carbocycles. The summed E-state index contributed by atoms with van der Waals surface area (Å²) < 4.78 is 0. The standard InChI is InChI=1S/C18H28N4O2.2ClH/c1-13(17(19)14-6-4-3-5-7-14)18(24)21-15-8-10-22(11-9-15)12-16(23)20-2;;/h3-7,13,15,17H,8-12,19H2,1-2H3,(H,20,23)(H,21,24);2*1H. The maximum atomic E-state index is 12.5. The summed E-state index contributed by atoms with van der Waals surface area (Å²) in [6.07, 6.45) is 1.71. The molecule has 2 amide bonds. The highest BCUT2D eigenvalue weighted by Crippen LogP contribution is 2.20. The van der Waals surface area contributed by atoms with Crippen molar-refractivity contribution in [1.29, 1.82) is 0 Å². The molecule has 26 heavy (non-hydrogen) atoms.